The van der Waals surface area contributed by atoms with E-state index in [9.17, 15) is 0 Å². The van der Waals surface area contributed by atoms with Crippen LogP contribution in [-0.2, 0) is 0 Å². The van der Waals surface area contributed by atoms with Crippen molar-refractivity contribution in [3.05, 3.63) is 158 Å². The van der Waals surface area contributed by atoms with Crippen LogP contribution in [0, 0.1) is 0 Å². The highest BCUT2D eigenvalue weighted by molar-refractivity contribution is 7.26. The van der Waals surface area contributed by atoms with Crippen LogP contribution in [0.1, 0.15) is 11.0 Å². The maximum atomic E-state index is 9.02. The number of thiophene rings is 1. The molecule has 0 saturated heterocycles. The second kappa shape index (κ2) is 10.9. The van der Waals surface area contributed by atoms with Gasteiger partial charge in [-0.1, -0.05) is 109 Å². The SMILES string of the molecule is [2H]c1c([2H])c([2H])c2c(c1[2H])c1c([2H])c([2H])c([2H])c([2H])c1n2-c1cccc2oc3cc(-c4nc(-c5ccccc5)nc(-c5cccc6c5sc5ccccc56)n4)ccc3c12. The average molecular weight is 679 g/mol. The van der Waals surface area contributed by atoms with Crippen LogP contribution in [-0.4, -0.2) is 19.5 Å². The number of para-hydroxylation sites is 2. The standard InChI is InChI=1S/C45H26N4OS/c1-2-12-27(13-3-1)43-46-44(48-45(47-43)34-18-10-17-32-31-16-6-9-23-40(31)51-42(32)34)28-24-25-33-39(26-28)50-38-22-11-21-37(41(33)38)49-35-19-7-4-14-29(35)30-15-5-8-20-36(30)49/h1-26H/i4D,5D,7D,8D,14D,15D,19D,20D. The lowest BCUT2D eigenvalue weighted by Crippen LogP contribution is -2.00. The fraction of sp³-hybridized carbons (Fsp3) is 0. The molecular weight excluding hydrogens is 645 g/mol. The van der Waals surface area contributed by atoms with Crippen molar-refractivity contribution >= 4 is 75.3 Å². The van der Waals surface area contributed by atoms with Crippen LogP contribution in [0.15, 0.2) is 162 Å². The molecule has 5 nitrogen and oxygen atoms in total. The molecule has 4 aromatic heterocycles. The van der Waals surface area contributed by atoms with E-state index in [0.29, 0.717) is 50.7 Å². The maximum absolute atomic E-state index is 9.02. The second-order valence-electron chi connectivity index (χ2n) is 12.2. The highest BCUT2D eigenvalue weighted by Crippen LogP contribution is 2.41. The van der Waals surface area contributed by atoms with Gasteiger partial charge in [0.05, 0.1) is 33.1 Å². The molecule has 0 bridgehead atoms. The minimum atomic E-state index is -0.495. The molecule has 0 aliphatic heterocycles. The number of hydrogen-bond acceptors (Lipinski definition) is 5. The first-order valence-electron chi connectivity index (χ1n) is 20.3. The Morgan fingerprint density at radius 2 is 1.22 bits per heavy atom. The summed E-state index contributed by atoms with van der Waals surface area (Å²) < 4.78 is 80.0. The predicted molar refractivity (Wildman–Crippen MR) is 211 cm³/mol. The molecule has 11 rings (SSSR count). The number of rotatable bonds is 4. The van der Waals surface area contributed by atoms with E-state index in [-0.39, 0.29) is 46.0 Å². The zero-order valence-corrected chi connectivity index (χ0v) is 27.3. The van der Waals surface area contributed by atoms with E-state index in [1.165, 1.54) is 14.7 Å². The van der Waals surface area contributed by atoms with E-state index in [0.717, 1.165) is 21.2 Å². The summed E-state index contributed by atoms with van der Waals surface area (Å²) in [7, 11) is 0. The molecule has 0 aliphatic carbocycles. The monoisotopic (exact) mass is 678 g/mol. The molecule has 0 amide bonds. The van der Waals surface area contributed by atoms with Crippen molar-refractivity contribution in [1.29, 1.82) is 0 Å². The van der Waals surface area contributed by atoms with Crippen LogP contribution >= 0.6 is 11.3 Å². The first-order valence-corrected chi connectivity index (χ1v) is 17.1. The van der Waals surface area contributed by atoms with Crippen LogP contribution in [0.4, 0.5) is 0 Å². The van der Waals surface area contributed by atoms with Crippen molar-refractivity contribution in [2.24, 2.45) is 0 Å². The number of furan rings is 1. The lowest BCUT2D eigenvalue weighted by molar-refractivity contribution is 0.669. The van der Waals surface area contributed by atoms with Gasteiger partial charge in [-0.2, -0.15) is 0 Å². The largest absolute Gasteiger partial charge is 0.456 e. The molecule has 0 spiro atoms. The highest BCUT2D eigenvalue weighted by atomic mass is 32.1. The van der Waals surface area contributed by atoms with Gasteiger partial charge in [0.2, 0.25) is 0 Å². The van der Waals surface area contributed by atoms with Gasteiger partial charge in [0.15, 0.2) is 17.5 Å². The van der Waals surface area contributed by atoms with Gasteiger partial charge in [-0.05, 0) is 48.5 Å². The summed E-state index contributed by atoms with van der Waals surface area (Å²) in [5, 5.41) is 3.57. The van der Waals surface area contributed by atoms with Crippen LogP contribution in [0.2, 0.25) is 0 Å². The minimum absolute atomic E-state index is 0.0105. The van der Waals surface area contributed by atoms with E-state index in [1.807, 2.05) is 72.8 Å². The molecule has 11 aromatic rings. The number of aromatic nitrogens is 4. The Hall–Kier alpha value is -6.63. The molecule has 51 heavy (non-hydrogen) atoms. The summed E-state index contributed by atoms with van der Waals surface area (Å²) in [5.74, 6) is 1.47. The molecule has 238 valence electrons. The summed E-state index contributed by atoms with van der Waals surface area (Å²) in [5.41, 5.74) is 3.84. The van der Waals surface area contributed by atoms with Crippen molar-refractivity contribution < 1.29 is 15.4 Å². The number of nitrogens with zero attached hydrogens (tertiary/aromatic N) is 4. The first kappa shape index (κ1) is 21.5. The Morgan fingerprint density at radius 3 is 2.04 bits per heavy atom. The van der Waals surface area contributed by atoms with Gasteiger partial charge in [-0.25, -0.2) is 15.0 Å². The second-order valence-corrected chi connectivity index (χ2v) is 13.3. The van der Waals surface area contributed by atoms with E-state index in [4.69, 9.17) is 30.3 Å². The van der Waals surface area contributed by atoms with Crippen LogP contribution in [0.3, 0.4) is 0 Å². The van der Waals surface area contributed by atoms with Gasteiger partial charge in [-0.3, -0.25) is 0 Å². The van der Waals surface area contributed by atoms with E-state index in [1.54, 1.807) is 29.5 Å². The summed E-state index contributed by atoms with van der Waals surface area (Å²) in [6.45, 7) is 0. The van der Waals surface area contributed by atoms with E-state index < -0.39 is 24.2 Å². The van der Waals surface area contributed by atoms with Crippen LogP contribution < -0.4 is 0 Å². The van der Waals surface area contributed by atoms with E-state index >= 15 is 0 Å². The summed E-state index contributed by atoms with van der Waals surface area (Å²) in [4.78, 5) is 15.0. The highest BCUT2D eigenvalue weighted by Gasteiger charge is 2.20. The van der Waals surface area contributed by atoms with Gasteiger partial charge in [0, 0.05) is 53.0 Å². The van der Waals surface area contributed by atoms with Gasteiger partial charge in [0.25, 0.3) is 0 Å². The molecule has 0 N–H and O–H groups in total. The third kappa shape index (κ3) is 4.30. The van der Waals surface area contributed by atoms with Crippen molar-refractivity contribution in [3.8, 4) is 39.9 Å². The predicted octanol–water partition coefficient (Wildman–Crippen LogP) is 12.2. The minimum Gasteiger partial charge on any atom is -0.456 e. The van der Waals surface area contributed by atoms with Gasteiger partial charge in [0.1, 0.15) is 11.2 Å². The van der Waals surface area contributed by atoms with Crippen LogP contribution in [0.25, 0.3) is 104 Å². The number of fused-ring (bicyclic) bond motifs is 9. The average Bonchev–Trinajstić information content (AvgIpc) is 3.96. The van der Waals surface area contributed by atoms with Crippen molar-refractivity contribution in [2.45, 2.75) is 0 Å². The topological polar surface area (TPSA) is 56.7 Å². The summed E-state index contributed by atoms with van der Waals surface area (Å²) >= 11 is 1.70. The summed E-state index contributed by atoms with van der Waals surface area (Å²) in [6.07, 6.45) is 0. The van der Waals surface area contributed by atoms with Crippen LogP contribution in [0.5, 0.6) is 0 Å². The smallest absolute Gasteiger partial charge is 0.165 e. The quantitative estimate of drug-likeness (QED) is 0.186. The van der Waals surface area contributed by atoms with Crippen molar-refractivity contribution in [1.82, 2.24) is 19.5 Å². The lowest BCUT2D eigenvalue weighted by Gasteiger charge is -2.10. The van der Waals surface area contributed by atoms with Crippen molar-refractivity contribution in [3.63, 3.8) is 0 Å². The van der Waals surface area contributed by atoms with Gasteiger partial charge < -0.3 is 8.98 Å². The Morgan fingerprint density at radius 1 is 0.529 bits per heavy atom. The molecule has 0 atom stereocenters. The van der Waals surface area contributed by atoms with E-state index in [2.05, 4.69) is 18.2 Å². The third-order valence-corrected chi connectivity index (χ3v) is 10.5. The molecule has 0 fully saturated rings. The Balaban J connectivity index is 1.16. The Bertz CT molecular complexity index is 3540. The first-order chi connectivity index (χ1) is 28.6. The summed E-state index contributed by atoms with van der Waals surface area (Å²) in [6, 6.07) is 31.7. The molecule has 0 aliphatic rings. The number of hydrogen-bond donors (Lipinski definition) is 0. The molecule has 6 heteroatoms. The van der Waals surface area contributed by atoms with Crippen molar-refractivity contribution in [2.75, 3.05) is 0 Å². The Labute approximate surface area is 307 Å². The number of benzene rings is 7. The maximum Gasteiger partial charge on any atom is 0.165 e. The zero-order chi connectivity index (χ0) is 40.4. The Kier molecular flexibility index (Phi) is 4.60. The van der Waals surface area contributed by atoms with Gasteiger partial charge >= 0.3 is 0 Å². The molecule has 0 radical (unpaired) electrons. The molecule has 4 heterocycles. The zero-order valence-electron chi connectivity index (χ0n) is 34.5. The lowest BCUT2D eigenvalue weighted by atomic mass is 10.1. The molecule has 7 aromatic carbocycles. The fourth-order valence-electron chi connectivity index (χ4n) is 7.06. The molecule has 0 unspecified atom stereocenters. The van der Waals surface area contributed by atoms with Gasteiger partial charge in [-0.15, -0.1) is 11.3 Å². The third-order valence-electron chi connectivity index (χ3n) is 9.32. The molecule has 0 saturated carbocycles. The fourth-order valence-corrected chi connectivity index (χ4v) is 8.27. The molecular formula is C45H26N4OS. The normalized spacial score (nSPS) is 14.1.